The van der Waals surface area contributed by atoms with Crippen LogP contribution < -0.4 is 0 Å². The maximum absolute atomic E-state index is 9.67. The summed E-state index contributed by atoms with van der Waals surface area (Å²) in [6, 6.07) is 0. The van der Waals surface area contributed by atoms with Gasteiger partial charge in [-0.05, 0) is 64.5 Å². The Bertz CT molecular complexity index is 304. The van der Waals surface area contributed by atoms with Gasteiger partial charge < -0.3 is 14.7 Å². The molecule has 0 aromatic carbocycles. The molecule has 0 radical (unpaired) electrons. The van der Waals surface area contributed by atoms with Gasteiger partial charge in [0.15, 0.2) is 0 Å². The Kier molecular flexibility index (Phi) is 4.68. The fraction of sp³-hybridized carbons (Fsp3) is 1.00. The summed E-state index contributed by atoms with van der Waals surface area (Å²) in [6.07, 6.45) is 11.9. The van der Waals surface area contributed by atoms with Crippen LogP contribution in [0.3, 0.4) is 0 Å². The third kappa shape index (κ3) is 3.37. The molecule has 116 valence electrons. The van der Waals surface area contributed by atoms with Gasteiger partial charge in [0.25, 0.3) is 0 Å². The highest BCUT2D eigenvalue weighted by Gasteiger charge is 2.41. The minimum absolute atomic E-state index is 0.134. The summed E-state index contributed by atoms with van der Waals surface area (Å²) >= 11 is 0. The van der Waals surface area contributed by atoms with Crippen molar-refractivity contribution >= 4 is 0 Å². The molecule has 2 aliphatic heterocycles. The van der Waals surface area contributed by atoms with Crippen LogP contribution in [0.15, 0.2) is 0 Å². The topological polar surface area (TPSA) is 32.7 Å². The zero-order chi connectivity index (χ0) is 14.0. The predicted octanol–water partition coefficient (Wildman–Crippen LogP) is 2.96. The van der Waals surface area contributed by atoms with Gasteiger partial charge in [0.05, 0.1) is 17.8 Å². The first-order valence-corrected chi connectivity index (χ1v) is 8.75. The maximum Gasteiger partial charge on any atom is 0.0710 e. The van der Waals surface area contributed by atoms with Crippen LogP contribution >= 0.6 is 0 Å². The molecule has 0 amide bonds. The van der Waals surface area contributed by atoms with Crippen molar-refractivity contribution in [1.82, 2.24) is 4.90 Å². The smallest absolute Gasteiger partial charge is 0.0710 e. The van der Waals surface area contributed by atoms with E-state index in [2.05, 4.69) is 4.90 Å². The number of aliphatic hydroxyl groups excluding tert-OH is 1. The van der Waals surface area contributed by atoms with Crippen LogP contribution in [0, 0.1) is 5.92 Å². The van der Waals surface area contributed by atoms with Gasteiger partial charge in [-0.15, -0.1) is 0 Å². The van der Waals surface area contributed by atoms with E-state index < -0.39 is 0 Å². The quantitative estimate of drug-likeness (QED) is 0.863. The normalized spacial score (nSPS) is 33.6. The Hall–Kier alpha value is -0.120. The van der Waals surface area contributed by atoms with Gasteiger partial charge in [0.1, 0.15) is 0 Å². The molecule has 1 N–H and O–H groups in total. The highest BCUT2D eigenvalue weighted by molar-refractivity contribution is 4.92. The molecule has 2 atom stereocenters. The average Bonchev–Trinajstić information content (AvgIpc) is 2.83. The number of ether oxygens (including phenoxy) is 1. The SMILES string of the molecule is C[C@H](O)C1CCN(C[C@H]2CCC3(CCCCC3)O2)CC1. The third-order valence-corrected chi connectivity index (χ3v) is 5.88. The second kappa shape index (κ2) is 6.33. The lowest BCUT2D eigenvalue weighted by Gasteiger charge is -2.36. The number of hydrogen-bond donors (Lipinski definition) is 1. The number of likely N-dealkylation sites (tertiary alicyclic amines) is 1. The first-order valence-electron chi connectivity index (χ1n) is 8.75. The monoisotopic (exact) mass is 281 g/mol. The Morgan fingerprint density at radius 3 is 2.45 bits per heavy atom. The molecule has 3 heteroatoms. The molecule has 3 rings (SSSR count). The van der Waals surface area contributed by atoms with Crippen molar-refractivity contribution in [2.45, 2.75) is 82.5 Å². The van der Waals surface area contributed by atoms with Crippen LogP contribution in [0.25, 0.3) is 0 Å². The second-order valence-corrected chi connectivity index (χ2v) is 7.40. The lowest BCUT2D eigenvalue weighted by molar-refractivity contribution is -0.0746. The summed E-state index contributed by atoms with van der Waals surface area (Å²) in [6.45, 7) is 5.34. The summed E-state index contributed by atoms with van der Waals surface area (Å²) in [5.74, 6) is 0.514. The van der Waals surface area contributed by atoms with Gasteiger partial charge in [-0.3, -0.25) is 0 Å². The van der Waals surface area contributed by atoms with Crippen LogP contribution in [-0.4, -0.2) is 47.4 Å². The standard InChI is InChI=1S/C17H31NO2/c1-14(19)15-6-11-18(12-7-15)13-16-5-10-17(20-16)8-3-2-4-9-17/h14-16,19H,2-13H2,1H3/t14-,16+/m0/s1. The average molecular weight is 281 g/mol. The van der Waals surface area contributed by atoms with Crippen molar-refractivity contribution in [3.8, 4) is 0 Å². The number of nitrogens with zero attached hydrogens (tertiary/aromatic N) is 1. The van der Waals surface area contributed by atoms with Crippen LogP contribution in [-0.2, 0) is 4.74 Å². The van der Waals surface area contributed by atoms with Crippen molar-refractivity contribution in [2.75, 3.05) is 19.6 Å². The molecule has 0 bridgehead atoms. The van der Waals surface area contributed by atoms with E-state index in [-0.39, 0.29) is 11.7 Å². The highest BCUT2D eigenvalue weighted by Crippen LogP contribution is 2.42. The van der Waals surface area contributed by atoms with Gasteiger partial charge in [-0.2, -0.15) is 0 Å². The third-order valence-electron chi connectivity index (χ3n) is 5.88. The zero-order valence-electron chi connectivity index (χ0n) is 13.0. The number of piperidine rings is 1. The van der Waals surface area contributed by atoms with E-state index in [1.54, 1.807) is 0 Å². The highest BCUT2D eigenvalue weighted by atomic mass is 16.5. The Balaban J connectivity index is 1.43. The van der Waals surface area contributed by atoms with Crippen LogP contribution in [0.4, 0.5) is 0 Å². The van der Waals surface area contributed by atoms with Gasteiger partial charge in [0.2, 0.25) is 0 Å². The summed E-state index contributed by atoms with van der Waals surface area (Å²) < 4.78 is 6.48. The largest absolute Gasteiger partial charge is 0.393 e. The summed E-state index contributed by atoms with van der Waals surface area (Å²) in [7, 11) is 0. The van der Waals surface area contributed by atoms with Crippen molar-refractivity contribution in [3.05, 3.63) is 0 Å². The minimum atomic E-state index is -0.134. The van der Waals surface area contributed by atoms with Crippen molar-refractivity contribution in [2.24, 2.45) is 5.92 Å². The molecule has 3 aliphatic rings. The molecular weight excluding hydrogens is 250 g/mol. The lowest BCUT2D eigenvalue weighted by atomic mass is 9.83. The van der Waals surface area contributed by atoms with E-state index in [9.17, 15) is 5.11 Å². The van der Waals surface area contributed by atoms with Crippen molar-refractivity contribution < 1.29 is 9.84 Å². The zero-order valence-corrected chi connectivity index (χ0v) is 13.0. The molecule has 1 aliphatic carbocycles. The Morgan fingerprint density at radius 1 is 1.10 bits per heavy atom. The van der Waals surface area contributed by atoms with Crippen LogP contribution in [0.5, 0.6) is 0 Å². The van der Waals surface area contributed by atoms with E-state index in [1.807, 2.05) is 6.92 Å². The maximum atomic E-state index is 9.67. The predicted molar refractivity (Wildman–Crippen MR) is 80.8 cm³/mol. The van der Waals surface area contributed by atoms with Crippen LogP contribution in [0.2, 0.25) is 0 Å². The fourth-order valence-electron chi connectivity index (χ4n) is 4.49. The summed E-state index contributed by atoms with van der Waals surface area (Å²) in [4.78, 5) is 2.56. The Morgan fingerprint density at radius 2 is 1.80 bits per heavy atom. The number of rotatable bonds is 3. The fourth-order valence-corrected chi connectivity index (χ4v) is 4.49. The first kappa shape index (κ1) is 14.8. The summed E-state index contributed by atoms with van der Waals surface area (Å²) in [5.41, 5.74) is 0.265. The minimum Gasteiger partial charge on any atom is -0.393 e. The molecule has 1 saturated carbocycles. The molecule has 0 aromatic heterocycles. The lowest BCUT2D eigenvalue weighted by Crippen LogP contribution is -2.42. The van der Waals surface area contributed by atoms with Crippen LogP contribution in [0.1, 0.15) is 64.7 Å². The van der Waals surface area contributed by atoms with Crippen molar-refractivity contribution in [1.29, 1.82) is 0 Å². The van der Waals surface area contributed by atoms with E-state index in [0.29, 0.717) is 12.0 Å². The number of hydrogen-bond acceptors (Lipinski definition) is 3. The molecule has 0 unspecified atom stereocenters. The Labute approximate surface area is 123 Å². The molecule has 20 heavy (non-hydrogen) atoms. The second-order valence-electron chi connectivity index (χ2n) is 7.40. The van der Waals surface area contributed by atoms with E-state index in [1.165, 1.54) is 44.9 Å². The van der Waals surface area contributed by atoms with Crippen molar-refractivity contribution in [3.63, 3.8) is 0 Å². The van der Waals surface area contributed by atoms with E-state index in [0.717, 1.165) is 32.5 Å². The van der Waals surface area contributed by atoms with Gasteiger partial charge >= 0.3 is 0 Å². The molecule has 1 spiro atoms. The molecule has 3 fully saturated rings. The molecule has 2 heterocycles. The molecule has 2 saturated heterocycles. The van der Waals surface area contributed by atoms with E-state index in [4.69, 9.17) is 4.74 Å². The van der Waals surface area contributed by atoms with Gasteiger partial charge in [0, 0.05) is 6.54 Å². The molecule has 3 nitrogen and oxygen atoms in total. The summed E-state index contributed by atoms with van der Waals surface area (Å²) in [5, 5.41) is 9.67. The van der Waals surface area contributed by atoms with Gasteiger partial charge in [-0.25, -0.2) is 0 Å². The van der Waals surface area contributed by atoms with E-state index >= 15 is 0 Å². The number of aliphatic hydroxyl groups is 1. The van der Waals surface area contributed by atoms with Gasteiger partial charge in [-0.1, -0.05) is 19.3 Å². The first-order chi connectivity index (χ1) is 9.67. The molecule has 0 aromatic rings. The molecular formula is C17H31NO2.